The van der Waals surface area contributed by atoms with E-state index < -0.39 is 5.54 Å². The van der Waals surface area contributed by atoms with Crippen molar-refractivity contribution in [1.29, 1.82) is 0 Å². The molecule has 1 aromatic carbocycles. The molecule has 6 heteroatoms. The zero-order valence-electron chi connectivity index (χ0n) is 14.5. The fourth-order valence-corrected chi connectivity index (χ4v) is 4.25. The van der Waals surface area contributed by atoms with Gasteiger partial charge in [-0.3, -0.25) is 4.79 Å². The van der Waals surface area contributed by atoms with Gasteiger partial charge in [-0.05, 0) is 19.1 Å². The van der Waals surface area contributed by atoms with Gasteiger partial charge in [0.05, 0.1) is 21.3 Å². The summed E-state index contributed by atoms with van der Waals surface area (Å²) in [5, 5.41) is 4.01. The fraction of sp³-hybridized carbons (Fsp3) is 0.556. The number of rotatable bonds is 6. The number of benzene rings is 1. The topological polar surface area (TPSA) is 77.2 Å². The average Bonchev–Trinajstić information content (AvgIpc) is 2.97. The number of nitrogens with zero attached hydrogens (tertiary/aromatic N) is 1. The van der Waals surface area contributed by atoms with Gasteiger partial charge in [-0.25, -0.2) is 4.98 Å². The number of carbonyl (C=O) groups is 1. The summed E-state index contributed by atoms with van der Waals surface area (Å²) in [6.45, 7) is 7.16. The van der Waals surface area contributed by atoms with Gasteiger partial charge in [0.2, 0.25) is 5.91 Å². The molecular formula is C18H25N3O2S. The zero-order chi connectivity index (χ0) is 17.4. The lowest BCUT2D eigenvalue weighted by molar-refractivity contribution is -0.170. The molecule has 1 saturated carbocycles. The third-order valence-electron chi connectivity index (χ3n) is 5.20. The largest absolute Gasteiger partial charge is 0.378 e. The van der Waals surface area contributed by atoms with E-state index in [1.54, 1.807) is 11.3 Å². The highest BCUT2D eigenvalue weighted by Crippen LogP contribution is 2.49. The van der Waals surface area contributed by atoms with Crippen molar-refractivity contribution in [1.82, 2.24) is 10.3 Å². The fourth-order valence-electron chi connectivity index (χ4n) is 3.29. The van der Waals surface area contributed by atoms with Crippen LogP contribution in [0, 0.1) is 5.41 Å². The lowest BCUT2D eigenvalue weighted by atomic mass is 9.54. The van der Waals surface area contributed by atoms with E-state index in [0.29, 0.717) is 19.6 Å². The van der Waals surface area contributed by atoms with Crippen LogP contribution in [0.25, 0.3) is 10.2 Å². The van der Waals surface area contributed by atoms with E-state index in [-0.39, 0.29) is 17.4 Å². The molecule has 3 rings (SSSR count). The summed E-state index contributed by atoms with van der Waals surface area (Å²) < 4.78 is 6.85. The van der Waals surface area contributed by atoms with E-state index in [2.05, 4.69) is 16.4 Å². The molecule has 130 valence electrons. The Hall–Kier alpha value is -1.50. The van der Waals surface area contributed by atoms with Gasteiger partial charge in [0.1, 0.15) is 5.54 Å². The number of thiazole rings is 1. The molecule has 1 aliphatic rings. The van der Waals surface area contributed by atoms with Crippen LogP contribution in [0.15, 0.2) is 24.3 Å². The van der Waals surface area contributed by atoms with Crippen LogP contribution in [0.1, 0.15) is 32.2 Å². The van der Waals surface area contributed by atoms with Crippen molar-refractivity contribution in [3.05, 3.63) is 29.3 Å². The smallest absolute Gasteiger partial charge is 0.240 e. The normalized spacial score (nSPS) is 25.4. The van der Waals surface area contributed by atoms with Gasteiger partial charge in [-0.1, -0.05) is 26.0 Å². The number of para-hydroxylation sites is 1. The molecule has 0 spiro atoms. The third kappa shape index (κ3) is 2.83. The number of hydrogen-bond acceptors (Lipinski definition) is 5. The van der Waals surface area contributed by atoms with Crippen LogP contribution in [0.2, 0.25) is 0 Å². The maximum absolute atomic E-state index is 12.6. The number of aromatic nitrogens is 1. The number of fused-ring (bicyclic) bond motifs is 1. The Bertz CT molecular complexity index is 710. The van der Waals surface area contributed by atoms with E-state index in [1.807, 2.05) is 39.0 Å². The Morgan fingerprint density at radius 2 is 2.21 bits per heavy atom. The SMILES string of the molecule is CCOC1CC(N)(C(=O)NCCc2nc3ccccc3s2)C1(C)C. The summed E-state index contributed by atoms with van der Waals surface area (Å²) in [4.78, 5) is 17.2. The lowest BCUT2D eigenvalue weighted by Crippen LogP contribution is -2.75. The van der Waals surface area contributed by atoms with Crippen LogP contribution in [0.4, 0.5) is 0 Å². The summed E-state index contributed by atoms with van der Waals surface area (Å²) in [6, 6.07) is 8.07. The Balaban J connectivity index is 1.56. The van der Waals surface area contributed by atoms with Crippen LogP contribution in [0.3, 0.4) is 0 Å². The molecule has 1 aromatic heterocycles. The molecule has 2 aromatic rings. The molecule has 24 heavy (non-hydrogen) atoms. The molecule has 1 aliphatic carbocycles. The second kappa shape index (κ2) is 6.43. The van der Waals surface area contributed by atoms with Gasteiger partial charge >= 0.3 is 0 Å². The number of amides is 1. The van der Waals surface area contributed by atoms with E-state index in [4.69, 9.17) is 10.5 Å². The first-order valence-corrected chi connectivity index (χ1v) is 9.23. The van der Waals surface area contributed by atoms with Crippen molar-refractivity contribution < 1.29 is 9.53 Å². The molecule has 2 atom stereocenters. The molecule has 0 saturated heterocycles. The maximum Gasteiger partial charge on any atom is 0.240 e. The first-order valence-electron chi connectivity index (χ1n) is 8.41. The average molecular weight is 347 g/mol. The standard InChI is InChI=1S/C18H25N3O2S/c1-4-23-14-11-18(19,17(14,2)3)16(22)20-10-9-15-21-12-7-5-6-8-13(12)24-15/h5-8,14H,4,9-11,19H2,1-3H3,(H,20,22). The maximum atomic E-state index is 12.6. The van der Waals surface area contributed by atoms with Gasteiger partial charge < -0.3 is 15.8 Å². The van der Waals surface area contributed by atoms with Gasteiger partial charge in [-0.2, -0.15) is 0 Å². The molecule has 1 amide bonds. The predicted molar refractivity (Wildman–Crippen MR) is 97.1 cm³/mol. The van der Waals surface area contributed by atoms with Crippen LogP contribution in [0.5, 0.6) is 0 Å². The molecule has 1 fully saturated rings. The molecule has 3 N–H and O–H groups in total. The predicted octanol–water partition coefficient (Wildman–Crippen LogP) is 2.49. The first-order chi connectivity index (χ1) is 11.4. The zero-order valence-corrected chi connectivity index (χ0v) is 15.3. The van der Waals surface area contributed by atoms with Crippen molar-refractivity contribution in [2.45, 2.75) is 45.3 Å². The van der Waals surface area contributed by atoms with Gasteiger partial charge in [0, 0.05) is 31.4 Å². The van der Waals surface area contributed by atoms with E-state index in [0.717, 1.165) is 16.9 Å². The Morgan fingerprint density at radius 1 is 1.46 bits per heavy atom. The van der Waals surface area contributed by atoms with E-state index >= 15 is 0 Å². The number of nitrogens with two attached hydrogens (primary N) is 1. The number of hydrogen-bond donors (Lipinski definition) is 2. The Kier molecular flexibility index (Phi) is 4.64. The summed E-state index contributed by atoms with van der Waals surface area (Å²) in [7, 11) is 0. The summed E-state index contributed by atoms with van der Waals surface area (Å²) in [5.41, 5.74) is 6.17. The molecule has 0 radical (unpaired) electrons. The second-order valence-corrected chi connectivity index (χ2v) is 8.04. The summed E-state index contributed by atoms with van der Waals surface area (Å²) in [5.74, 6) is -0.0930. The second-order valence-electron chi connectivity index (χ2n) is 6.92. The van der Waals surface area contributed by atoms with E-state index in [1.165, 1.54) is 4.70 Å². The quantitative estimate of drug-likeness (QED) is 0.842. The molecule has 0 bridgehead atoms. The number of nitrogens with one attached hydrogen (secondary N) is 1. The highest BCUT2D eigenvalue weighted by Gasteiger charge is 2.62. The highest BCUT2D eigenvalue weighted by atomic mass is 32.1. The minimum absolute atomic E-state index is 0.0440. The Labute approximate surface area is 146 Å². The van der Waals surface area contributed by atoms with Crippen molar-refractivity contribution >= 4 is 27.5 Å². The monoisotopic (exact) mass is 347 g/mol. The third-order valence-corrected chi connectivity index (χ3v) is 6.29. The van der Waals surface area contributed by atoms with Crippen LogP contribution >= 0.6 is 11.3 Å². The van der Waals surface area contributed by atoms with Gasteiger partial charge in [-0.15, -0.1) is 11.3 Å². The van der Waals surface area contributed by atoms with Crippen molar-refractivity contribution in [3.8, 4) is 0 Å². The van der Waals surface area contributed by atoms with E-state index in [9.17, 15) is 4.79 Å². The summed E-state index contributed by atoms with van der Waals surface area (Å²) in [6.07, 6.45) is 1.33. The van der Waals surface area contributed by atoms with Crippen molar-refractivity contribution in [2.24, 2.45) is 11.1 Å². The lowest BCUT2D eigenvalue weighted by Gasteiger charge is -2.57. The number of carbonyl (C=O) groups excluding carboxylic acids is 1. The molecule has 0 aliphatic heterocycles. The first kappa shape index (κ1) is 17.3. The van der Waals surface area contributed by atoms with Crippen LogP contribution in [-0.2, 0) is 16.0 Å². The Morgan fingerprint density at radius 3 is 2.88 bits per heavy atom. The van der Waals surface area contributed by atoms with Gasteiger partial charge in [0.25, 0.3) is 0 Å². The minimum atomic E-state index is -0.861. The van der Waals surface area contributed by atoms with Crippen molar-refractivity contribution in [3.63, 3.8) is 0 Å². The molecule has 1 heterocycles. The molecular weight excluding hydrogens is 322 g/mol. The number of ether oxygens (including phenoxy) is 1. The van der Waals surface area contributed by atoms with Crippen molar-refractivity contribution in [2.75, 3.05) is 13.2 Å². The van der Waals surface area contributed by atoms with Gasteiger partial charge in [0.15, 0.2) is 0 Å². The highest BCUT2D eigenvalue weighted by molar-refractivity contribution is 7.18. The van der Waals surface area contributed by atoms with Crippen LogP contribution in [-0.4, -0.2) is 35.7 Å². The molecule has 2 unspecified atom stereocenters. The molecule has 5 nitrogen and oxygen atoms in total. The minimum Gasteiger partial charge on any atom is -0.378 e. The summed E-state index contributed by atoms with van der Waals surface area (Å²) >= 11 is 1.67. The van der Waals surface area contributed by atoms with Crippen LogP contribution < -0.4 is 11.1 Å².